The summed E-state index contributed by atoms with van der Waals surface area (Å²) in [5.41, 5.74) is 3.44. The van der Waals surface area contributed by atoms with E-state index in [0.29, 0.717) is 24.8 Å². The molecular weight excluding hydrogens is 328 g/mol. The van der Waals surface area contributed by atoms with Crippen molar-refractivity contribution in [1.82, 2.24) is 9.97 Å². The van der Waals surface area contributed by atoms with E-state index in [2.05, 4.69) is 20.6 Å². The third-order valence-corrected chi connectivity index (χ3v) is 4.59. The number of aromatic nitrogens is 2. The Morgan fingerprint density at radius 2 is 1.92 bits per heavy atom. The number of carbonyl (C=O) groups is 1. The normalized spacial score (nSPS) is 14.7. The van der Waals surface area contributed by atoms with Gasteiger partial charge in [0.15, 0.2) is 0 Å². The van der Waals surface area contributed by atoms with Gasteiger partial charge in [0.1, 0.15) is 6.33 Å². The van der Waals surface area contributed by atoms with Gasteiger partial charge < -0.3 is 15.4 Å². The summed E-state index contributed by atoms with van der Waals surface area (Å²) in [7, 11) is 0. The minimum Gasteiger partial charge on any atom is -0.462 e. The van der Waals surface area contributed by atoms with Crippen molar-refractivity contribution in [2.24, 2.45) is 0 Å². The standard InChI is InChI=1S/C20H26N4O2/c1-2-26-20(25)16-8-9-18(24-17-6-4-3-5-7-17)19(10-16)23-13-15-11-21-14-22-12-15/h8-12,14,17,23-24H,2-7,13H2,1H3. The smallest absolute Gasteiger partial charge is 0.338 e. The summed E-state index contributed by atoms with van der Waals surface area (Å²) in [5.74, 6) is -0.303. The van der Waals surface area contributed by atoms with E-state index in [-0.39, 0.29) is 5.97 Å². The molecule has 1 saturated carbocycles. The summed E-state index contributed by atoms with van der Waals surface area (Å²) in [6.07, 6.45) is 11.3. The maximum absolute atomic E-state index is 12.1. The molecule has 1 heterocycles. The van der Waals surface area contributed by atoms with Crippen LogP contribution in [0.15, 0.2) is 36.9 Å². The van der Waals surface area contributed by atoms with Gasteiger partial charge in [0.05, 0.1) is 23.5 Å². The minimum absolute atomic E-state index is 0.303. The second-order valence-corrected chi connectivity index (χ2v) is 6.56. The second-order valence-electron chi connectivity index (χ2n) is 6.56. The highest BCUT2D eigenvalue weighted by Crippen LogP contribution is 2.28. The number of ether oxygens (including phenoxy) is 1. The fraction of sp³-hybridized carbons (Fsp3) is 0.450. The summed E-state index contributed by atoms with van der Waals surface area (Å²) in [6, 6.07) is 6.12. The van der Waals surface area contributed by atoms with Gasteiger partial charge in [-0.25, -0.2) is 14.8 Å². The first-order valence-corrected chi connectivity index (χ1v) is 9.31. The lowest BCUT2D eigenvalue weighted by molar-refractivity contribution is 0.0526. The third-order valence-electron chi connectivity index (χ3n) is 4.59. The van der Waals surface area contributed by atoms with Crippen molar-refractivity contribution in [3.05, 3.63) is 48.0 Å². The molecule has 2 N–H and O–H groups in total. The molecule has 6 heteroatoms. The van der Waals surface area contributed by atoms with E-state index < -0.39 is 0 Å². The van der Waals surface area contributed by atoms with E-state index in [1.807, 2.05) is 25.1 Å². The molecule has 1 aromatic carbocycles. The molecule has 0 spiro atoms. The molecular formula is C20H26N4O2. The Kier molecular flexibility index (Phi) is 6.41. The molecule has 138 valence electrons. The molecule has 0 amide bonds. The van der Waals surface area contributed by atoms with Crippen LogP contribution in [0.25, 0.3) is 0 Å². The van der Waals surface area contributed by atoms with Gasteiger partial charge in [-0.15, -0.1) is 0 Å². The molecule has 2 aromatic rings. The Balaban J connectivity index is 1.78. The van der Waals surface area contributed by atoms with Crippen LogP contribution in [0.3, 0.4) is 0 Å². The molecule has 0 atom stereocenters. The van der Waals surface area contributed by atoms with Crippen molar-refractivity contribution < 1.29 is 9.53 Å². The van der Waals surface area contributed by atoms with Gasteiger partial charge in [-0.2, -0.15) is 0 Å². The molecule has 3 rings (SSSR count). The van der Waals surface area contributed by atoms with Crippen LogP contribution in [0.4, 0.5) is 11.4 Å². The monoisotopic (exact) mass is 354 g/mol. The first-order valence-electron chi connectivity index (χ1n) is 9.31. The maximum Gasteiger partial charge on any atom is 0.338 e. The third kappa shape index (κ3) is 4.94. The quantitative estimate of drug-likeness (QED) is 0.732. The van der Waals surface area contributed by atoms with Crippen LogP contribution in [0.1, 0.15) is 54.9 Å². The Bertz CT molecular complexity index is 715. The number of nitrogens with one attached hydrogen (secondary N) is 2. The van der Waals surface area contributed by atoms with Crippen molar-refractivity contribution in [3.8, 4) is 0 Å². The lowest BCUT2D eigenvalue weighted by Crippen LogP contribution is -2.23. The molecule has 1 aliphatic rings. The fourth-order valence-corrected chi connectivity index (χ4v) is 3.24. The number of benzene rings is 1. The highest BCUT2D eigenvalue weighted by molar-refractivity contribution is 5.92. The average molecular weight is 354 g/mol. The Morgan fingerprint density at radius 3 is 2.65 bits per heavy atom. The van der Waals surface area contributed by atoms with Gasteiger partial charge in [-0.1, -0.05) is 19.3 Å². The van der Waals surface area contributed by atoms with Crippen molar-refractivity contribution in [2.45, 2.75) is 51.6 Å². The summed E-state index contributed by atoms with van der Waals surface area (Å²) < 4.78 is 5.13. The van der Waals surface area contributed by atoms with E-state index in [1.54, 1.807) is 12.4 Å². The van der Waals surface area contributed by atoms with Gasteiger partial charge in [0, 0.05) is 30.5 Å². The van der Waals surface area contributed by atoms with Crippen molar-refractivity contribution in [1.29, 1.82) is 0 Å². The first-order chi connectivity index (χ1) is 12.8. The number of esters is 1. The van der Waals surface area contributed by atoms with Crippen LogP contribution < -0.4 is 10.6 Å². The number of hydrogen-bond acceptors (Lipinski definition) is 6. The zero-order chi connectivity index (χ0) is 18.2. The van der Waals surface area contributed by atoms with Gasteiger partial charge in [-0.3, -0.25) is 0 Å². The van der Waals surface area contributed by atoms with E-state index in [1.165, 1.54) is 38.4 Å². The highest BCUT2D eigenvalue weighted by Gasteiger charge is 2.16. The zero-order valence-corrected chi connectivity index (χ0v) is 15.2. The van der Waals surface area contributed by atoms with Crippen LogP contribution in [0, 0.1) is 0 Å². The van der Waals surface area contributed by atoms with Gasteiger partial charge >= 0.3 is 5.97 Å². The molecule has 1 aliphatic carbocycles. The summed E-state index contributed by atoms with van der Waals surface area (Å²) in [5, 5.41) is 7.04. The zero-order valence-electron chi connectivity index (χ0n) is 15.2. The van der Waals surface area contributed by atoms with E-state index in [4.69, 9.17) is 4.74 Å². The average Bonchev–Trinajstić information content (AvgIpc) is 2.69. The van der Waals surface area contributed by atoms with Crippen LogP contribution in [0.2, 0.25) is 0 Å². The number of carbonyl (C=O) groups excluding carboxylic acids is 1. The van der Waals surface area contributed by atoms with Crippen LogP contribution in [-0.4, -0.2) is 28.6 Å². The topological polar surface area (TPSA) is 76.1 Å². The lowest BCUT2D eigenvalue weighted by atomic mass is 9.95. The number of nitrogens with zero attached hydrogens (tertiary/aromatic N) is 2. The van der Waals surface area contributed by atoms with Crippen LogP contribution in [-0.2, 0) is 11.3 Å². The van der Waals surface area contributed by atoms with Crippen molar-refractivity contribution >= 4 is 17.3 Å². The SMILES string of the molecule is CCOC(=O)c1ccc(NC2CCCCC2)c(NCc2cncnc2)c1. The van der Waals surface area contributed by atoms with Crippen molar-refractivity contribution in [2.75, 3.05) is 17.2 Å². The largest absolute Gasteiger partial charge is 0.462 e. The Morgan fingerprint density at radius 1 is 1.15 bits per heavy atom. The highest BCUT2D eigenvalue weighted by atomic mass is 16.5. The molecule has 0 saturated heterocycles. The Labute approximate surface area is 154 Å². The van der Waals surface area contributed by atoms with Crippen LogP contribution in [0.5, 0.6) is 0 Å². The van der Waals surface area contributed by atoms with Crippen molar-refractivity contribution in [3.63, 3.8) is 0 Å². The molecule has 6 nitrogen and oxygen atoms in total. The number of anilines is 2. The van der Waals surface area contributed by atoms with E-state index in [0.717, 1.165) is 16.9 Å². The minimum atomic E-state index is -0.303. The maximum atomic E-state index is 12.1. The first kappa shape index (κ1) is 18.2. The Hall–Kier alpha value is -2.63. The van der Waals surface area contributed by atoms with Gasteiger partial charge in [0.25, 0.3) is 0 Å². The van der Waals surface area contributed by atoms with E-state index in [9.17, 15) is 4.79 Å². The predicted octanol–water partition coefficient (Wildman–Crippen LogP) is 4.01. The van der Waals surface area contributed by atoms with Gasteiger partial charge in [-0.05, 0) is 38.0 Å². The molecule has 0 bridgehead atoms. The molecule has 0 radical (unpaired) electrons. The summed E-state index contributed by atoms with van der Waals surface area (Å²) in [4.78, 5) is 20.2. The lowest BCUT2D eigenvalue weighted by Gasteiger charge is -2.25. The second kappa shape index (κ2) is 9.17. The number of hydrogen-bond donors (Lipinski definition) is 2. The van der Waals surface area contributed by atoms with E-state index >= 15 is 0 Å². The van der Waals surface area contributed by atoms with Gasteiger partial charge in [0.2, 0.25) is 0 Å². The number of rotatable bonds is 7. The molecule has 0 unspecified atom stereocenters. The molecule has 26 heavy (non-hydrogen) atoms. The predicted molar refractivity (Wildman–Crippen MR) is 102 cm³/mol. The molecule has 0 aliphatic heterocycles. The van der Waals surface area contributed by atoms with Crippen LogP contribution >= 0.6 is 0 Å². The summed E-state index contributed by atoms with van der Waals surface area (Å²) in [6.45, 7) is 2.77. The molecule has 1 fully saturated rings. The fourth-order valence-electron chi connectivity index (χ4n) is 3.24. The molecule has 1 aromatic heterocycles. The summed E-state index contributed by atoms with van der Waals surface area (Å²) >= 11 is 0.